The van der Waals surface area contributed by atoms with E-state index >= 15 is 0 Å². The Morgan fingerprint density at radius 1 is 0.796 bits per heavy atom. The zero-order valence-electron chi connectivity index (χ0n) is 27.5. The normalized spacial score (nSPS) is 9.94. The Bertz CT molecular complexity index is 2270. The molecule has 6 rings (SSSR count). The molecule has 49 heavy (non-hydrogen) atoms. The van der Waals surface area contributed by atoms with Crippen molar-refractivity contribution < 1.29 is 23.9 Å². The van der Waals surface area contributed by atoms with Gasteiger partial charge in [0.05, 0.1) is 19.2 Å². The summed E-state index contributed by atoms with van der Waals surface area (Å²) in [4.78, 5) is 83.2. The summed E-state index contributed by atoms with van der Waals surface area (Å²) in [6.07, 6.45) is 0.250. The first-order valence-corrected chi connectivity index (χ1v) is 16.1. The highest BCUT2D eigenvalue weighted by Gasteiger charge is 2.13. The van der Waals surface area contributed by atoms with Gasteiger partial charge < -0.3 is 34.1 Å². The lowest BCUT2D eigenvalue weighted by Gasteiger charge is -2.04. The number of ether oxygens (including phenoxy) is 2. The number of carbonyl (C=O) groups is 1. The Balaban J connectivity index is 0.000000192. The van der Waals surface area contributed by atoms with Gasteiger partial charge in [0.1, 0.15) is 25.5 Å². The molecule has 0 aromatic carbocycles. The van der Waals surface area contributed by atoms with Crippen molar-refractivity contribution in [1.29, 1.82) is 0 Å². The largest absolute Gasteiger partial charge is 0.490 e. The van der Waals surface area contributed by atoms with Crippen molar-refractivity contribution >= 4 is 98.8 Å². The molecule has 0 amide bonds. The number of carbonyl (C=O) groups excluding carboxylic acids is 3. The standard InChI is InChI=1S/C10H10N4OS.C9H9N3O3S.C9H11N3OS.CO2/c1-11-6-5-7-9(13-8(6)15-4)16-10(12-7)14(2)3;1-12(2)9-10-5-3-6(15-4-13)7(14)11-8(5)16-9;1-5-4-6-8(11-7(5)13)14-9(10-6)12(2)3;2-1-3/h5H,2-4H3;3-4H,1-2H3,(H,11,14);4H,1-3H3,(H,11,13);. The number of anilines is 3. The lowest BCUT2D eigenvalue weighted by molar-refractivity contribution is -0.191. The number of rotatable bonds is 6. The first-order chi connectivity index (χ1) is 23.3. The minimum atomic E-state index is -0.437. The average Bonchev–Trinajstić information content (AvgIpc) is 3.78. The second-order valence-corrected chi connectivity index (χ2v) is 13.0. The molecular weight excluding hydrogens is 697 g/mol. The van der Waals surface area contributed by atoms with Crippen LogP contribution in [0.5, 0.6) is 11.6 Å². The van der Waals surface area contributed by atoms with Crippen LogP contribution < -0.4 is 35.3 Å². The van der Waals surface area contributed by atoms with Crippen LogP contribution in [0.4, 0.5) is 21.1 Å². The molecule has 6 aromatic heterocycles. The summed E-state index contributed by atoms with van der Waals surface area (Å²) in [6, 6.07) is 4.97. The highest BCUT2D eigenvalue weighted by Crippen LogP contribution is 2.34. The van der Waals surface area contributed by atoms with E-state index in [9.17, 15) is 14.4 Å². The van der Waals surface area contributed by atoms with Gasteiger partial charge in [-0.3, -0.25) is 14.4 Å². The highest BCUT2D eigenvalue weighted by molar-refractivity contribution is 7.22. The third-order valence-corrected chi connectivity index (χ3v) is 9.34. The number of aryl methyl sites for hydroxylation is 1. The lowest BCUT2D eigenvalue weighted by Crippen LogP contribution is -2.09. The molecule has 0 aliphatic heterocycles. The first-order valence-electron chi connectivity index (χ1n) is 13.7. The monoisotopic (exact) mass is 726 g/mol. The van der Waals surface area contributed by atoms with E-state index in [2.05, 4.69) is 39.5 Å². The summed E-state index contributed by atoms with van der Waals surface area (Å²) in [5.74, 6) is 0.314. The molecule has 17 nitrogen and oxygen atoms in total. The van der Waals surface area contributed by atoms with Crippen molar-refractivity contribution in [1.82, 2.24) is 29.9 Å². The second kappa shape index (κ2) is 16.9. The Morgan fingerprint density at radius 3 is 1.78 bits per heavy atom. The Hall–Kier alpha value is -5.74. The lowest BCUT2D eigenvalue weighted by atomic mass is 10.3. The summed E-state index contributed by atoms with van der Waals surface area (Å²) < 4.78 is 9.60. The van der Waals surface area contributed by atoms with E-state index in [0.29, 0.717) is 27.5 Å². The number of aromatic nitrogens is 6. The van der Waals surface area contributed by atoms with Gasteiger partial charge in [0.25, 0.3) is 17.6 Å². The Kier molecular flexibility index (Phi) is 13.0. The molecule has 0 radical (unpaired) electrons. The molecular formula is C29H30N10O7S3. The van der Waals surface area contributed by atoms with Crippen LogP contribution in [0.3, 0.4) is 0 Å². The minimum absolute atomic E-state index is 0.0357. The van der Waals surface area contributed by atoms with Gasteiger partial charge in [-0.15, -0.1) is 0 Å². The number of pyridine rings is 3. The molecule has 0 spiro atoms. The SMILES string of the molecule is CN(C)c1nc2cc(OC=O)c(=O)[nH]c2s1.Cc1cc2nc(N(C)C)sc2[nH]c1=O.O=C=O.[C-]#[N+]c1cc2nc(N(C)C)sc2nc1OC. The Labute approximate surface area is 290 Å². The number of fused-ring (bicyclic) bond motifs is 3. The van der Waals surface area contributed by atoms with Crippen LogP contribution in [0.15, 0.2) is 27.8 Å². The fraction of sp³-hybridized carbons (Fsp3) is 0.276. The molecule has 0 unspecified atom stereocenters. The molecule has 0 aliphatic rings. The fourth-order valence-electron chi connectivity index (χ4n) is 3.61. The predicted octanol–water partition coefficient (Wildman–Crippen LogP) is 3.68. The van der Waals surface area contributed by atoms with E-state index in [0.717, 1.165) is 36.1 Å². The van der Waals surface area contributed by atoms with Gasteiger partial charge in [-0.05, 0) is 19.1 Å². The van der Waals surface area contributed by atoms with Gasteiger partial charge in [0.15, 0.2) is 21.1 Å². The molecule has 0 saturated carbocycles. The molecule has 0 saturated heterocycles. The highest BCUT2D eigenvalue weighted by atomic mass is 32.1. The summed E-state index contributed by atoms with van der Waals surface area (Å²) >= 11 is 4.32. The minimum Gasteiger partial charge on any atom is -0.490 e. The van der Waals surface area contributed by atoms with Crippen molar-refractivity contribution in [2.45, 2.75) is 6.92 Å². The maximum Gasteiger partial charge on any atom is 0.373 e. The predicted molar refractivity (Wildman–Crippen MR) is 190 cm³/mol. The smallest absolute Gasteiger partial charge is 0.373 e. The zero-order valence-corrected chi connectivity index (χ0v) is 29.9. The van der Waals surface area contributed by atoms with Gasteiger partial charge in [-0.2, -0.15) is 9.59 Å². The number of hydrogen-bond donors (Lipinski definition) is 2. The number of hydrogen-bond acceptors (Lipinski definition) is 17. The molecule has 0 fully saturated rings. The maximum atomic E-state index is 11.4. The number of aromatic amines is 2. The number of nitrogens with one attached hydrogen (secondary N) is 2. The van der Waals surface area contributed by atoms with Crippen LogP contribution in [0.2, 0.25) is 0 Å². The van der Waals surface area contributed by atoms with Crippen LogP contribution in [0.25, 0.3) is 35.9 Å². The molecule has 6 aromatic rings. The third kappa shape index (κ3) is 9.42. The number of thiazole rings is 3. The van der Waals surface area contributed by atoms with Crippen molar-refractivity contribution in [3.63, 3.8) is 0 Å². The zero-order chi connectivity index (χ0) is 36.4. The molecule has 256 valence electrons. The van der Waals surface area contributed by atoms with Gasteiger partial charge in [-0.1, -0.05) is 34.0 Å². The molecule has 0 aliphatic carbocycles. The van der Waals surface area contributed by atoms with E-state index in [1.807, 2.05) is 63.1 Å². The summed E-state index contributed by atoms with van der Waals surface area (Å²) in [5.41, 5.74) is 2.82. The van der Waals surface area contributed by atoms with Gasteiger partial charge in [0.2, 0.25) is 11.6 Å². The molecule has 2 N–H and O–H groups in total. The third-order valence-electron chi connectivity index (χ3n) is 5.90. The van der Waals surface area contributed by atoms with Crippen LogP contribution in [0.1, 0.15) is 5.56 Å². The van der Waals surface area contributed by atoms with Crippen LogP contribution >= 0.6 is 34.0 Å². The fourth-order valence-corrected chi connectivity index (χ4v) is 6.17. The van der Waals surface area contributed by atoms with E-state index in [-0.39, 0.29) is 23.9 Å². The van der Waals surface area contributed by atoms with E-state index < -0.39 is 5.56 Å². The van der Waals surface area contributed by atoms with E-state index in [1.54, 1.807) is 13.0 Å². The number of H-pyrrole nitrogens is 2. The van der Waals surface area contributed by atoms with Crippen molar-refractivity contribution in [2.75, 3.05) is 64.1 Å². The van der Waals surface area contributed by atoms with Crippen LogP contribution in [-0.2, 0) is 14.4 Å². The summed E-state index contributed by atoms with van der Waals surface area (Å²) in [5, 5.41) is 2.54. The summed E-state index contributed by atoms with van der Waals surface area (Å²) in [7, 11) is 12.9. The molecule has 6 heterocycles. The molecule has 20 heteroatoms. The van der Waals surface area contributed by atoms with Crippen molar-refractivity contribution in [3.8, 4) is 11.6 Å². The summed E-state index contributed by atoms with van der Waals surface area (Å²) in [6.45, 7) is 9.03. The van der Waals surface area contributed by atoms with Gasteiger partial charge in [-0.25, -0.2) is 24.8 Å². The van der Waals surface area contributed by atoms with Crippen molar-refractivity contribution in [3.05, 3.63) is 55.9 Å². The van der Waals surface area contributed by atoms with Gasteiger partial charge >= 0.3 is 6.15 Å². The molecule has 0 atom stereocenters. The number of methoxy groups -OCH3 is 1. The first kappa shape index (κ1) is 37.7. The van der Waals surface area contributed by atoms with Gasteiger partial charge in [0, 0.05) is 53.9 Å². The maximum absolute atomic E-state index is 11.4. The van der Waals surface area contributed by atoms with Crippen molar-refractivity contribution in [2.24, 2.45) is 0 Å². The van der Waals surface area contributed by atoms with E-state index in [4.69, 9.17) is 20.9 Å². The van der Waals surface area contributed by atoms with Crippen LogP contribution in [-0.4, -0.2) is 91.9 Å². The average molecular weight is 727 g/mol. The number of nitrogens with zero attached hydrogens (tertiary/aromatic N) is 8. The van der Waals surface area contributed by atoms with Crippen LogP contribution in [0, 0.1) is 13.5 Å². The van der Waals surface area contributed by atoms with E-state index in [1.165, 1.54) is 47.2 Å². The quantitative estimate of drug-likeness (QED) is 0.186. The topological polar surface area (TPSA) is 201 Å². The second-order valence-electron chi connectivity index (χ2n) is 10.1. The Morgan fingerprint density at radius 2 is 1.29 bits per heavy atom. The molecule has 0 bridgehead atoms.